The molecule has 4 heterocycles. The van der Waals surface area contributed by atoms with Gasteiger partial charge >= 0.3 is 24.0 Å². The zero-order valence-electron chi connectivity index (χ0n) is 66.5. The highest BCUT2D eigenvalue weighted by molar-refractivity contribution is 7.95. The van der Waals surface area contributed by atoms with Crippen molar-refractivity contribution in [3.8, 4) is 45.8 Å². The van der Waals surface area contributed by atoms with Crippen molar-refractivity contribution in [2.45, 2.75) is 29.4 Å². The summed E-state index contributed by atoms with van der Waals surface area (Å²) in [5.74, 6) is -7.69. The second kappa shape index (κ2) is 36.9. The normalized spacial score (nSPS) is 12.1. The first-order valence-electron chi connectivity index (χ1n) is 37.5. The smallest absolute Gasteiger partial charge is 0.335 e. The Bertz CT molecular complexity index is 7730. The van der Waals surface area contributed by atoms with Crippen LogP contribution < -0.4 is 52.5 Å². The molecule has 670 valence electrons. The fourth-order valence-electron chi connectivity index (χ4n) is 14.5. The molecule has 44 nitrogen and oxygen atoms in total. The molecule has 0 saturated heterocycles. The molecular formula is C82H56N14O30S6. The van der Waals surface area contributed by atoms with Crippen LogP contribution in [0.3, 0.4) is 0 Å². The number of pyridine rings is 2. The molecule has 0 amide bonds. The van der Waals surface area contributed by atoms with E-state index < -0.39 is 132 Å². The number of hydrogen-bond donors (Lipinski definition) is 14. The maximum absolute atomic E-state index is 15.2. The van der Waals surface area contributed by atoms with Crippen molar-refractivity contribution in [1.29, 1.82) is 0 Å². The predicted octanol–water partition coefficient (Wildman–Crippen LogP) is 13.1. The van der Waals surface area contributed by atoms with E-state index >= 15 is 9.59 Å². The molecule has 4 aromatic heterocycles. The second-order valence-corrected chi connectivity index (χ2v) is 34.5. The number of rotatable bonds is 35. The van der Waals surface area contributed by atoms with Crippen molar-refractivity contribution in [2.24, 2.45) is 14.1 Å². The molecule has 14 N–H and O–H groups in total. The molecule has 132 heavy (non-hydrogen) atoms. The zero-order valence-corrected chi connectivity index (χ0v) is 71.4. The molecule has 0 aliphatic heterocycles. The van der Waals surface area contributed by atoms with Crippen molar-refractivity contribution in [3.63, 3.8) is 0 Å². The number of nitrogens with zero attached hydrogens (tertiary/aromatic N) is 8. The minimum Gasteiger partial charge on any atom is -0.478 e. The first kappa shape index (κ1) is 90.4. The highest BCUT2D eigenvalue weighted by Gasteiger charge is 2.38. The average molecular weight is 1910 g/mol. The Hall–Kier alpha value is -14.9. The lowest BCUT2D eigenvalue weighted by molar-refractivity contribution is -0.432. The van der Waals surface area contributed by atoms with Crippen LogP contribution in [0.5, 0.6) is 23.5 Å². The number of carbonyl (C=O) groups excluding carboxylic acids is 4. The lowest BCUT2D eigenvalue weighted by atomic mass is 9.80. The van der Waals surface area contributed by atoms with Crippen molar-refractivity contribution in [3.05, 3.63) is 270 Å². The first-order valence-corrected chi connectivity index (χ1v) is 44.0. The number of ether oxygens (including phenoxy) is 2. The van der Waals surface area contributed by atoms with Crippen LogP contribution in [-0.2, 0) is 72.6 Å². The van der Waals surface area contributed by atoms with Crippen LogP contribution >= 0.6 is 36.1 Å². The predicted molar refractivity (Wildman–Crippen MR) is 467 cm³/mol. The van der Waals surface area contributed by atoms with Crippen molar-refractivity contribution in [1.82, 2.24) is 39.0 Å². The van der Waals surface area contributed by atoms with Crippen LogP contribution in [0.25, 0.3) is 44.1 Å². The second-order valence-electron chi connectivity index (χ2n) is 28.0. The average Bonchev–Trinajstić information content (AvgIpc) is 0.708. The number of aromatic carboxylic acids is 2. The van der Waals surface area contributed by atoms with E-state index in [-0.39, 0.29) is 192 Å². The monoisotopic (exact) mass is 1910 g/mol. The Morgan fingerprint density at radius 3 is 1.21 bits per heavy atom. The molecule has 10 aromatic carbocycles. The quantitative estimate of drug-likeness (QED) is 0.00438. The minimum absolute atomic E-state index is 0.0160. The largest absolute Gasteiger partial charge is 0.478 e. The van der Waals surface area contributed by atoms with E-state index in [4.69, 9.17) is 23.4 Å². The Labute approximate surface area is 751 Å². The number of hydrogen-bond acceptors (Lipinski definition) is 40. The summed E-state index contributed by atoms with van der Waals surface area (Å²) in [5.41, 5.74) is -5.04. The van der Waals surface area contributed by atoms with E-state index in [9.17, 15) is 88.4 Å². The van der Waals surface area contributed by atoms with Crippen LogP contribution in [-0.4, -0.2) is 152 Å². The molecule has 0 saturated carbocycles. The Morgan fingerprint density at radius 1 is 0.386 bits per heavy atom. The summed E-state index contributed by atoms with van der Waals surface area (Å²) in [6.45, 7) is -0.545. The molecule has 16 rings (SSSR count). The lowest BCUT2D eigenvalue weighted by Gasteiger charge is -2.26. The van der Waals surface area contributed by atoms with E-state index in [0.717, 1.165) is 47.0 Å². The van der Waals surface area contributed by atoms with Gasteiger partial charge in [0.15, 0.2) is 23.1 Å². The molecule has 14 aromatic rings. The molecule has 0 spiro atoms. The van der Waals surface area contributed by atoms with Gasteiger partial charge in [0, 0.05) is 76.2 Å². The van der Waals surface area contributed by atoms with Crippen molar-refractivity contribution < 1.29 is 131 Å². The summed E-state index contributed by atoms with van der Waals surface area (Å²) < 4.78 is 140. The van der Waals surface area contributed by atoms with Crippen molar-refractivity contribution >= 4 is 181 Å². The Kier molecular flexibility index (Phi) is 25.3. The van der Waals surface area contributed by atoms with Gasteiger partial charge in [0.25, 0.3) is 41.5 Å². The number of benzene rings is 10. The SMILES string of the molecule is Cn1c(=O)c(C(=O)c2cccc(SOOO)c2)c2c3c(c(Nc4cc(Nc5nc(NCCNc6nc(Nc7cc(Nc8ccc9c%10c8C(=O)c8ccccc8-c%10c(C(=O)c8cccc(S(=O)(=O)O)c8)c(=O)n9C)c(S(=O)(=O)O)cc7SOOO)nc(Oc7ccc(C(=O)O)cc7)n6)nc(Oc6ccc(C(=O)O)cc6)n5)c(S(=O)(=O)O)cc4SOOO)ccc31)C(=O)c1ccccc1-2. The molecule has 0 unspecified atom stereocenters. The topological polar surface area (TPSA) is 634 Å². The molecule has 0 atom stereocenters. The Morgan fingerprint density at radius 2 is 0.780 bits per heavy atom. The lowest BCUT2D eigenvalue weighted by Crippen LogP contribution is -2.29. The number of aryl methyl sites for hydroxylation is 2. The summed E-state index contributed by atoms with van der Waals surface area (Å²) >= 11 is 0.900. The van der Waals surface area contributed by atoms with Gasteiger partial charge in [-0.3, -0.25) is 42.4 Å². The summed E-state index contributed by atoms with van der Waals surface area (Å²) in [4.78, 5) is 136. The van der Waals surface area contributed by atoms with Gasteiger partial charge in [0.05, 0.1) is 129 Å². The van der Waals surface area contributed by atoms with Gasteiger partial charge in [-0.05, 0) is 132 Å². The van der Waals surface area contributed by atoms with Crippen LogP contribution in [0.2, 0.25) is 0 Å². The zero-order chi connectivity index (χ0) is 93.5. The summed E-state index contributed by atoms with van der Waals surface area (Å²) in [6, 6.07) is 40.0. The molecule has 2 aliphatic rings. The standard InChI is InChI=1S/C82H56N14O30S6/c1-95-55-27-25-49(63-65(55)61(45-13-3-5-15-47(45)71(63)99)67(73(95)101)69(97)39-9-7-11-43(31-39)127-124-121-107)85-51-33-54(60(132(116,117)118)35-57(51)128-125-122-108)88-80-90-78(92-82(94-80)120-42-23-19-38(20-24-42)76(105)106)84-30-29-83-77-89-79(93-81(91-77)119-41-21-17-37(18-22-41)75(103)104)87-52-34-53(59(131(113,114)115)36-58(52)129-126-123-109)86-50-26-28-56-66-62(46-14-4-6-16-48(46)72(100)64(50)66)68(74(102)96(56)2)70(98)40-10-8-12-44(32-40)130(110,111)112/h3-28,31-36,85-86,107-109H,29-30H2,1-2H3,(H,103,104)(H,105,106)(H,110,111,112)(H,113,114,115)(H,116,117,118)(H2,83,87,89,91,93)(H2,84,88,90,92,94). The van der Waals surface area contributed by atoms with Gasteiger partial charge in [-0.2, -0.15) is 55.2 Å². The fraction of sp³-hybridized carbons (Fsp3) is 0.0488. The highest BCUT2D eigenvalue weighted by atomic mass is 32.2. The fourth-order valence-corrected chi connectivity index (χ4v) is 17.8. The van der Waals surface area contributed by atoms with Crippen LogP contribution in [0.15, 0.2) is 233 Å². The maximum Gasteiger partial charge on any atom is 0.335 e. The van der Waals surface area contributed by atoms with Crippen molar-refractivity contribution in [2.75, 3.05) is 45.0 Å². The summed E-state index contributed by atoms with van der Waals surface area (Å²) in [5, 5.41) is 76.3. The highest BCUT2D eigenvalue weighted by Crippen LogP contribution is 2.49. The summed E-state index contributed by atoms with van der Waals surface area (Å²) in [7, 11) is -13.0. The van der Waals surface area contributed by atoms with E-state index in [1.54, 1.807) is 18.2 Å². The number of carbonyl (C=O) groups is 6. The minimum atomic E-state index is -5.39. The van der Waals surface area contributed by atoms with E-state index in [0.29, 0.717) is 12.0 Å². The maximum atomic E-state index is 15.2. The van der Waals surface area contributed by atoms with Crippen LogP contribution in [0, 0.1) is 0 Å². The van der Waals surface area contributed by atoms with E-state index in [1.165, 1.54) is 152 Å². The van der Waals surface area contributed by atoms with Gasteiger partial charge < -0.3 is 60.7 Å². The van der Waals surface area contributed by atoms with Gasteiger partial charge in [0.2, 0.25) is 23.8 Å². The molecule has 2 aliphatic carbocycles. The number of fused-ring (bicyclic) bond motifs is 4. The molecule has 0 bridgehead atoms. The molecule has 50 heteroatoms. The number of anilines is 10. The number of aromatic nitrogens is 8. The van der Waals surface area contributed by atoms with E-state index in [2.05, 4.69) is 81.3 Å². The van der Waals surface area contributed by atoms with Gasteiger partial charge in [-0.25, -0.2) is 25.4 Å². The number of carboxylic acids is 2. The van der Waals surface area contributed by atoms with Gasteiger partial charge in [0.1, 0.15) is 21.3 Å². The number of nitrogens with one attached hydrogen (secondary N) is 6. The van der Waals surface area contributed by atoms with E-state index in [1.807, 2.05) is 0 Å². The first-order chi connectivity index (χ1) is 63.2. The molecule has 0 fully saturated rings. The third kappa shape index (κ3) is 18.3. The number of ketones is 4. The van der Waals surface area contributed by atoms with Gasteiger partial charge in [-0.15, -0.1) is 13.0 Å². The third-order valence-corrected chi connectivity index (χ3v) is 24.7. The van der Waals surface area contributed by atoms with Crippen LogP contribution in [0.4, 0.5) is 57.9 Å². The molecule has 0 radical (unpaired) electrons. The third-order valence-electron chi connectivity index (χ3n) is 20.2. The summed E-state index contributed by atoms with van der Waals surface area (Å²) in [6.07, 6.45) is 0. The van der Waals surface area contributed by atoms with Gasteiger partial charge in [-0.1, -0.05) is 87.9 Å². The number of carboxylic acid groups (broad SMARTS) is 2. The molecular weight excluding hydrogens is 1850 g/mol. The van der Waals surface area contributed by atoms with Crippen LogP contribution in [0.1, 0.15) is 84.4 Å². The Balaban J connectivity index is 0.748.